The molecule has 11 nitrogen and oxygen atoms in total. The number of carbonyl (C=O) groups excluding carboxylic acids is 1. The van der Waals surface area contributed by atoms with Crippen LogP contribution in [0.3, 0.4) is 0 Å². The van der Waals surface area contributed by atoms with Gasteiger partial charge in [-0.25, -0.2) is 23.2 Å². The van der Waals surface area contributed by atoms with Crippen LogP contribution in [-0.4, -0.2) is 77.3 Å². The predicted molar refractivity (Wildman–Crippen MR) is 124 cm³/mol. The highest BCUT2D eigenvalue weighted by molar-refractivity contribution is 7.89. The number of benzene rings is 1. The van der Waals surface area contributed by atoms with Gasteiger partial charge in [-0.15, -0.1) is 0 Å². The smallest absolute Gasteiger partial charge is 0.408 e. The molecule has 0 radical (unpaired) electrons. The predicted octanol–water partition coefficient (Wildman–Crippen LogP) is 0.671. The summed E-state index contributed by atoms with van der Waals surface area (Å²) in [4.78, 5) is 37.4. The number of piperazine rings is 1. The number of sulfonamides is 1. The third-order valence-electron chi connectivity index (χ3n) is 6.56. The van der Waals surface area contributed by atoms with Gasteiger partial charge in [-0.3, -0.25) is 9.36 Å². The lowest BCUT2D eigenvalue weighted by atomic mass is 9.98. The van der Waals surface area contributed by atoms with E-state index in [9.17, 15) is 18.0 Å². The van der Waals surface area contributed by atoms with Crippen molar-refractivity contribution in [2.24, 2.45) is 13.0 Å². The minimum absolute atomic E-state index is 0.0157. The molecule has 2 aliphatic rings. The maximum absolute atomic E-state index is 13.3. The standard InChI is InChI=1S/C22H26N6O5S/c1-25-18-6-5-17(14-19(18)33-22(25)30)34(31,32)28-9-2-4-16(15-28)20(29)26-10-12-27(13-11-26)21-23-7-3-8-24-21/h3,5-8,14,16H,2,4,9-13,15H2,1H3/t16-/m0/s1. The first-order chi connectivity index (χ1) is 16.3. The van der Waals surface area contributed by atoms with E-state index in [0.29, 0.717) is 57.0 Å². The molecular weight excluding hydrogens is 460 g/mol. The first kappa shape index (κ1) is 22.5. The van der Waals surface area contributed by atoms with Gasteiger partial charge in [0.15, 0.2) is 5.58 Å². The highest BCUT2D eigenvalue weighted by Gasteiger charge is 2.36. The third-order valence-corrected chi connectivity index (χ3v) is 8.42. The number of carbonyl (C=O) groups is 1. The largest absolute Gasteiger partial charge is 0.419 e. The van der Waals surface area contributed by atoms with E-state index in [2.05, 4.69) is 9.97 Å². The van der Waals surface area contributed by atoms with Gasteiger partial charge in [0.25, 0.3) is 0 Å². The van der Waals surface area contributed by atoms with Gasteiger partial charge in [0.05, 0.1) is 16.3 Å². The summed E-state index contributed by atoms with van der Waals surface area (Å²) < 4.78 is 34.5. The second-order valence-electron chi connectivity index (χ2n) is 8.62. The Balaban J connectivity index is 1.27. The normalized spacial score (nSPS) is 20.1. The molecule has 34 heavy (non-hydrogen) atoms. The molecule has 3 aromatic rings. The Hall–Kier alpha value is -3.25. The summed E-state index contributed by atoms with van der Waals surface area (Å²) >= 11 is 0. The van der Waals surface area contributed by atoms with Gasteiger partial charge in [0, 0.05) is 64.8 Å². The van der Waals surface area contributed by atoms with Crippen molar-refractivity contribution < 1.29 is 17.6 Å². The van der Waals surface area contributed by atoms with Crippen LogP contribution in [-0.2, 0) is 21.9 Å². The maximum atomic E-state index is 13.3. The molecule has 0 N–H and O–H groups in total. The summed E-state index contributed by atoms with van der Waals surface area (Å²) in [6, 6.07) is 6.18. The number of nitrogens with zero attached hydrogens (tertiary/aromatic N) is 6. The zero-order chi connectivity index (χ0) is 23.9. The number of rotatable bonds is 4. The van der Waals surface area contributed by atoms with Crippen molar-refractivity contribution in [2.45, 2.75) is 17.7 Å². The lowest BCUT2D eigenvalue weighted by Gasteiger charge is -2.38. The topological polar surface area (TPSA) is 122 Å². The van der Waals surface area contributed by atoms with Crippen LogP contribution in [0.2, 0.25) is 0 Å². The van der Waals surface area contributed by atoms with Crippen molar-refractivity contribution in [2.75, 3.05) is 44.2 Å². The van der Waals surface area contributed by atoms with Crippen LogP contribution >= 0.6 is 0 Å². The molecule has 5 rings (SSSR count). The van der Waals surface area contributed by atoms with E-state index >= 15 is 0 Å². The van der Waals surface area contributed by atoms with Crippen molar-refractivity contribution in [1.29, 1.82) is 0 Å². The zero-order valence-corrected chi connectivity index (χ0v) is 19.6. The summed E-state index contributed by atoms with van der Waals surface area (Å²) in [7, 11) is -2.27. The Morgan fingerprint density at radius 1 is 1.09 bits per heavy atom. The molecule has 0 unspecified atom stereocenters. The van der Waals surface area contributed by atoms with E-state index < -0.39 is 15.8 Å². The highest BCUT2D eigenvalue weighted by atomic mass is 32.2. The van der Waals surface area contributed by atoms with Gasteiger partial charge in [0.2, 0.25) is 21.9 Å². The van der Waals surface area contributed by atoms with Gasteiger partial charge < -0.3 is 14.2 Å². The summed E-state index contributed by atoms with van der Waals surface area (Å²) in [5, 5.41) is 0. The Morgan fingerprint density at radius 3 is 2.56 bits per heavy atom. The van der Waals surface area contributed by atoms with E-state index in [0.717, 1.165) is 0 Å². The molecule has 180 valence electrons. The number of amides is 1. The Bertz CT molecular complexity index is 1360. The van der Waals surface area contributed by atoms with Gasteiger partial charge in [-0.2, -0.15) is 4.31 Å². The quantitative estimate of drug-likeness (QED) is 0.528. The SMILES string of the molecule is Cn1c(=O)oc2cc(S(=O)(=O)N3CCC[C@H](C(=O)N4CCN(c5ncccn5)CC4)C3)ccc21. The zero-order valence-electron chi connectivity index (χ0n) is 18.8. The fourth-order valence-corrected chi connectivity index (χ4v) is 6.17. The fourth-order valence-electron chi connectivity index (χ4n) is 4.63. The van der Waals surface area contributed by atoms with E-state index in [1.807, 2.05) is 9.80 Å². The number of aromatic nitrogens is 3. The van der Waals surface area contributed by atoms with E-state index in [1.165, 1.54) is 21.0 Å². The lowest BCUT2D eigenvalue weighted by molar-refractivity contribution is -0.137. The van der Waals surface area contributed by atoms with Crippen molar-refractivity contribution in [3.8, 4) is 0 Å². The minimum atomic E-state index is -3.83. The average molecular weight is 487 g/mol. The molecule has 0 spiro atoms. The van der Waals surface area contributed by atoms with Crippen LogP contribution in [0.15, 0.2) is 50.8 Å². The van der Waals surface area contributed by atoms with Crippen LogP contribution in [0.4, 0.5) is 5.95 Å². The fraction of sp³-hybridized carbons (Fsp3) is 0.455. The number of aryl methyl sites for hydroxylation is 1. The van der Waals surface area contributed by atoms with Crippen molar-refractivity contribution in [3.63, 3.8) is 0 Å². The third kappa shape index (κ3) is 4.07. The summed E-state index contributed by atoms with van der Waals surface area (Å²) in [5.41, 5.74) is 0.745. The molecule has 0 saturated carbocycles. The molecule has 12 heteroatoms. The maximum Gasteiger partial charge on any atom is 0.419 e. The van der Waals surface area contributed by atoms with Crippen molar-refractivity contribution in [1.82, 2.24) is 23.7 Å². The van der Waals surface area contributed by atoms with E-state index in [1.54, 1.807) is 31.6 Å². The Kier molecular flexibility index (Phi) is 5.86. The molecule has 0 aliphatic carbocycles. The van der Waals surface area contributed by atoms with Crippen molar-refractivity contribution >= 4 is 33.0 Å². The molecule has 2 saturated heterocycles. The molecule has 4 heterocycles. The second kappa shape index (κ2) is 8.84. The molecule has 1 atom stereocenters. The Labute approximate surface area is 196 Å². The van der Waals surface area contributed by atoms with E-state index in [4.69, 9.17) is 4.42 Å². The number of piperidine rings is 1. The van der Waals surface area contributed by atoms with Crippen LogP contribution in [0.5, 0.6) is 0 Å². The van der Waals surface area contributed by atoms with Crippen LogP contribution < -0.4 is 10.7 Å². The van der Waals surface area contributed by atoms with E-state index in [-0.39, 0.29) is 28.8 Å². The Morgan fingerprint density at radius 2 is 1.82 bits per heavy atom. The van der Waals surface area contributed by atoms with Gasteiger partial charge in [-0.05, 0) is 31.0 Å². The molecule has 2 fully saturated rings. The van der Waals surface area contributed by atoms with Crippen LogP contribution in [0.25, 0.3) is 11.1 Å². The first-order valence-corrected chi connectivity index (χ1v) is 12.7. The minimum Gasteiger partial charge on any atom is -0.408 e. The summed E-state index contributed by atoms with van der Waals surface area (Å²) in [5.74, 6) is -0.303. The summed E-state index contributed by atoms with van der Waals surface area (Å²) in [6.45, 7) is 2.84. The van der Waals surface area contributed by atoms with Crippen LogP contribution in [0, 0.1) is 5.92 Å². The number of hydrogen-bond donors (Lipinski definition) is 0. The number of fused-ring (bicyclic) bond motifs is 1. The number of anilines is 1. The van der Waals surface area contributed by atoms with Gasteiger partial charge >= 0.3 is 5.76 Å². The number of hydrogen-bond acceptors (Lipinski definition) is 8. The molecule has 1 amide bonds. The van der Waals surface area contributed by atoms with Crippen LogP contribution in [0.1, 0.15) is 12.8 Å². The second-order valence-corrected chi connectivity index (χ2v) is 10.6. The number of oxazole rings is 1. The van der Waals surface area contributed by atoms with Gasteiger partial charge in [0.1, 0.15) is 0 Å². The molecule has 1 aromatic carbocycles. The average Bonchev–Trinajstić information content (AvgIpc) is 3.17. The molecule has 2 aliphatic heterocycles. The summed E-state index contributed by atoms with van der Waals surface area (Å²) in [6.07, 6.45) is 4.65. The molecule has 2 aromatic heterocycles. The molecule has 0 bridgehead atoms. The van der Waals surface area contributed by atoms with Gasteiger partial charge in [-0.1, -0.05) is 0 Å². The highest BCUT2D eigenvalue weighted by Crippen LogP contribution is 2.27. The molecular formula is C22H26N6O5S. The van der Waals surface area contributed by atoms with Crippen molar-refractivity contribution in [3.05, 3.63) is 47.2 Å². The monoisotopic (exact) mass is 486 g/mol. The first-order valence-electron chi connectivity index (χ1n) is 11.2. The lowest BCUT2D eigenvalue weighted by Crippen LogP contribution is -2.53.